The van der Waals surface area contributed by atoms with E-state index in [0.29, 0.717) is 10.8 Å². The van der Waals surface area contributed by atoms with Crippen LogP contribution in [0.5, 0.6) is 0 Å². The van der Waals surface area contributed by atoms with Crippen LogP contribution in [0.25, 0.3) is 0 Å². The molecule has 0 aromatic heterocycles. The molecule has 120 valence electrons. The molecule has 0 saturated heterocycles. The average molecular weight is 478 g/mol. The van der Waals surface area contributed by atoms with Gasteiger partial charge in [-0.2, -0.15) is 38.5 Å². The van der Waals surface area contributed by atoms with E-state index in [1.54, 1.807) is 0 Å². The summed E-state index contributed by atoms with van der Waals surface area (Å²) in [6.45, 7) is 22.4. The van der Waals surface area contributed by atoms with Crippen LogP contribution in [-0.2, 0) is 25.8 Å². The molecule has 0 fully saturated rings. The molecule has 0 atom stereocenters. The molecule has 0 nitrogen and oxygen atoms in total. The Labute approximate surface area is 154 Å². The van der Waals surface area contributed by atoms with E-state index in [2.05, 4.69) is 69.2 Å². The SMILES string of the molecule is CCC(C)(C)[C-](C)C.CCC(C)(C)[C-](C)C.Cl.Cl.[Hf]. The Morgan fingerprint density at radius 2 is 0.789 bits per heavy atom. The summed E-state index contributed by atoms with van der Waals surface area (Å²) in [5.74, 6) is 3.06. The molecule has 0 amide bonds. The fourth-order valence-electron chi connectivity index (χ4n) is 0.707. The van der Waals surface area contributed by atoms with Crippen LogP contribution in [0.2, 0.25) is 0 Å². The third kappa shape index (κ3) is 15.7. The summed E-state index contributed by atoms with van der Waals surface area (Å²) in [6.07, 6.45) is 2.49. The second-order valence-corrected chi connectivity index (χ2v) is 6.47. The molecule has 19 heavy (non-hydrogen) atoms. The van der Waals surface area contributed by atoms with Crippen LogP contribution >= 0.6 is 24.8 Å². The first-order valence-electron chi connectivity index (χ1n) is 6.62. The first-order valence-corrected chi connectivity index (χ1v) is 6.62. The summed E-state index contributed by atoms with van der Waals surface area (Å²) < 4.78 is 0. The summed E-state index contributed by atoms with van der Waals surface area (Å²) in [6, 6.07) is 0. The molecule has 0 bridgehead atoms. The number of rotatable bonds is 4. The van der Waals surface area contributed by atoms with Crippen molar-refractivity contribution in [1.82, 2.24) is 0 Å². The van der Waals surface area contributed by atoms with Gasteiger partial charge in [-0.25, -0.2) is 0 Å². The fraction of sp³-hybridized carbons (Fsp3) is 0.875. The zero-order valence-corrected chi connectivity index (χ0v) is 20.0. The van der Waals surface area contributed by atoms with Crippen LogP contribution in [0, 0.1) is 22.7 Å². The first-order chi connectivity index (χ1) is 7.01. The van der Waals surface area contributed by atoms with Gasteiger partial charge >= 0.3 is 0 Å². The Morgan fingerprint density at radius 3 is 0.789 bits per heavy atom. The van der Waals surface area contributed by atoms with E-state index in [1.165, 1.54) is 24.7 Å². The predicted octanol–water partition coefficient (Wildman–Crippen LogP) is 6.91. The first kappa shape index (κ1) is 32.4. The normalized spacial score (nSPS) is 10.7. The van der Waals surface area contributed by atoms with Gasteiger partial charge in [-0.1, -0.05) is 54.4 Å². The summed E-state index contributed by atoms with van der Waals surface area (Å²) in [7, 11) is 0. The number of hydrogen-bond acceptors (Lipinski definition) is 0. The minimum atomic E-state index is 0. The van der Waals surface area contributed by atoms with Crippen molar-refractivity contribution < 1.29 is 25.8 Å². The standard InChI is InChI=1S/2C8H17.2ClH.Hf/c2*1-6-8(4,5)7(2)3;;;/h2*6H2,1-5H3;2*1H;/q2*-1;;;. The molecule has 0 N–H and O–H groups in total. The van der Waals surface area contributed by atoms with Gasteiger partial charge in [-0.05, 0) is 0 Å². The van der Waals surface area contributed by atoms with Gasteiger partial charge in [0.05, 0.1) is 0 Å². The van der Waals surface area contributed by atoms with E-state index in [0.717, 1.165) is 0 Å². The van der Waals surface area contributed by atoms with Crippen LogP contribution in [0.3, 0.4) is 0 Å². The maximum absolute atomic E-state index is 2.28. The maximum Gasteiger partial charge on any atom is 0 e. The van der Waals surface area contributed by atoms with Crippen molar-refractivity contribution in [3.63, 3.8) is 0 Å². The van der Waals surface area contributed by atoms with Gasteiger partial charge in [0.15, 0.2) is 0 Å². The molecule has 0 heterocycles. The third-order valence-corrected chi connectivity index (χ3v) is 4.47. The van der Waals surface area contributed by atoms with E-state index in [1.807, 2.05) is 0 Å². The van der Waals surface area contributed by atoms with Gasteiger partial charge in [-0.15, -0.1) is 24.8 Å². The van der Waals surface area contributed by atoms with Crippen LogP contribution in [-0.4, -0.2) is 0 Å². The number of hydrogen-bond donors (Lipinski definition) is 0. The zero-order chi connectivity index (χ0) is 13.6. The van der Waals surface area contributed by atoms with Gasteiger partial charge < -0.3 is 11.8 Å². The van der Waals surface area contributed by atoms with E-state index >= 15 is 0 Å². The molecule has 0 radical (unpaired) electrons. The van der Waals surface area contributed by atoms with Crippen LogP contribution in [0.15, 0.2) is 0 Å². The Balaban J connectivity index is -0.0000000594. The Morgan fingerprint density at radius 1 is 0.632 bits per heavy atom. The maximum atomic E-state index is 2.28. The Hall–Kier alpha value is 1.45. The van der Waals surface area contributed by atoms with Crippen LogP contribution in [0.1, 0.15) is 82.1 Å². The molecule has 0 unspecified atom stereocenters. The minimum absolute atomic E-state index is 0. The molecule has 0 aliphatic carbocycles. The van der Waals surface area contributed by atoms with Crippen molar-refractivity contribution in [3.05, 3.63) is 11.8 Å². The van der Waals surface area contributed by atoms with Crippen molar-refractivity contribution in [2.45, 2.75) is 82.1 Å². The zero-order valence-electron chi connectivity index (χ0n) is 14.7. The summed E-state index contributed by atoms with van der Waals surface area (Å²) >= 11 is 0. The third-order valence-electron chi connectivity index (χ3n) is 4.47. The molecular formula is C16H36Cl2Hf-2. The summed E-state index contributed by atoms with van der Waals surface area (Å²) in [5, 5.41) is 0. The van der Waals surface area contributed by atoms with Gasteiger partial charge in [0, 0.05) is 25.8 Å². The molecule has 0 spiro atoms. The summed E-state index contributed by atoms with van der Waals surface area (Å²) in [5.41, 5.74) is 0.917. The van der Waals surface area contributed by atoms with Crippen molar-refractivity contribution in [3.8, 4) is 0 Å². The van der Waals surface area contributed by atoms with E-state index in [9.17, 15) is 0 Å². The minimum Gasteiger partial charge on any atom is -0.314 e. The molecule has 0 aliphatic heterocycles. The van der Waals surface area contributed by atoms with Crippen LogP contribution < -0.4 is 0 Å². The Bertz CT molecular complexity index is 156. The molecule has 3 heteroatoms. The molecular weight excluding hydrogens is 442 g/mol. The van der Waals surface area contributed by atoms with E-state index in [4.69, 9.17) is 0 Å². The van der Waals surface area contributed by atoms with Crippen molar-refractivity contribution >= 4 is 24.8 Å². The van der Waals surface area contributed by atoms with Gasteiger partial charge in [0.2, 0.25) is 0 Å². The van der Waals surface area contributed by atoms with Gasteiger partial charge in [0.1, 0.15) is 0 Å². The van der Waals surface area contributed by atoms with Crippen LogP contribution in [0.4, 0.5) is 0 Å². The monoisotopic (exact) mass is 478 g/mol. The van der Waals surface area contributed by atoms with Gasteiger partial charge in [0.25, 0.3) is 0 Å². The quantitative estimate of drug-likeness (QED) is 0.305. The van der Waals surface area contributed by atoms with Crippen molar-refractivity contribution in [2.24, 2.45) is 10.8 Å². The largest absolute Gasteiger partial charge is 0.314 e. The Kier molecular flexibility index (Phi) is 24.5. The van der Waals surface area contributed by atoms with Crippen molar-refractivity contribution in [2.75, 3.05) is 0 Å². The second-order valence-electron chi connectivity index (χ2n) is 6.47. The fourth-order valence-corrected chi connectivity index (χ4v) is 0.707. The summed E-state index contributed by atoms with van der Waals surface area (Å²) in [4.78, 5) is 0. The van der Waals surface area contributed by atoms with E-state index in [-0.39, 0.29) is 50.7 Å². The molecule has 0 saturated carbocycles. The van der Waals surface area contributed by atoms with E-state index < -0.39 is 0 Å². The second kappa shape index (κ2) is 14.4. The number of halogens is 2. The molecule has 0 aromatic rings. The molecule has 0 rings (SSSR count). The predicted molar refractivity (Wildman–Crippen MR) is 91.8 cm³/mol. The van der Waals surface area contributed by atoms with Gasteiger partial charge in [-0.3, -0.25) is 0 Å². The molecule has 0 aliphatic rings. The van der Waals surface area contributed by atoms with Crippen molar-refractivity contribution in [1.29, 1.82) is 0 Å². The smallest absolute Gasteiger partial charge is 0 e. The molecule has 0 aromatic carbocycles. The average Bonchev–Trinajstić information content (AvgIpc) is 2.18. The topological polar surface area (TPSA) is 0 Å².